The lowest BCUT2D eigenvalue weighted by molar-refractivity contribution is -0.201. The van der Waals surface area contributed by atoms with Gasteiger partial charge in [0.05, 0.1) is 12.2 Å². The molecule has 0 spiro atoms. The number of aliphatic hydroxyl groups excluding tert-OH is 2. The zero-order valence-corrected chi connectivity index (χ0v) is 25.8. The Hall–Kier alpha value is -3.30. The molecular weight excluding hydrogens is 575 g/mol. The van der Waals surface area contributed by atoms with Gasteiger partial charge in [-0.1, -0.05) is 61.9 Å². The summed E-state index contributed by atoms with van der Waals surface area (Å²) in [6.45, 7) is 4.81. The highest BCUT2D eigenvalue weighted by Crippen LogP contribution is 2.70. The minimum absolute atomic E-state index is 0.0168. The molecule has 4 fully saturated rings. The minimum Gasteiger partial charge on any atom is -0.393 e. The summed E-state index contributed by atoms with van der Waals surface area (Å²) in [5, 5.41) is 22.0. The van der Waals surface area contributed by atoms with Crippen LogP contribution in [0.15, 0.2) is 66.3 Å². The van der Waals surface area contributed by atoms with E-state index < -0.39 is 53.1 Å². The van der Waals surface area contributed by atoms with Crippen molar-refractivity contribution < 1.29 is 38.5 Å². The Balaban J connectivity index is 1.17. The maximum Gasteiger partial charge on any atom is 0.193 e. The molecule has 0 bridgehead atoms. The van der Waals surface area contributed by atoms with Crippen LogP contribution >= 0.6 is 0 Å². The van der Waals surface area contributed by atoms with Gasteiger partial charge in [-0.05, 0) is 80.2 Å². The van der Waals surface area contributed by atoms with E-state index in [0.29, 0.717) is 18.4 Å². The van der Waals surface area contributed by atoms with Gasteiger partial charge in [0.1, 0.15) is 12.4 Å². The Bertz CT molecular complexity index is 1640. The molecule has 2 N–H and O–H groups in total. The van der Waals surface area contributed by atoms with Crippen LogP contribution in [0.4, 0.5) is 4.39 Å². The van der Waals surface area contributed by atoms with Crippen molar-refractivity contribution in [1.82, 2.24) is 0 Å². The van der Waals surface area contributed by atoms with Gasteiger partial charge in [0, 0.05) is 27.9 Å². The topological polar surface area (TPSA) is 110 Å². The third-order valence-corrected chi connectivity index (χ3v) is 11.9. The summed E-state index contributed by atoms with van der Waals surface area (Å²) < 4.78 is 28.6. The summed E-state index contributed by atoms with van der Waals surface area (Å²) in [5.41, 5.74) is 0.639. The van der Waals surface area contributed by atoms with Crippen LogP contribution < -0.4 is 0 Å². The molecule has 0 radical (unpaired) electrons. The molecule has 1 saturated heterocycles. The number of aliphatic hydroxyl groups is 2. The number of ether oxygens (including phenoxy) is 2. The third kappa shape index (κ3) is 4.40. The van der Waals surface area contributed by atoms with Gasteiger partial charge in [-0.3, -0.25) is 14.4 Å². The highest BCUT2D eigenvalue weighted by Gasteiger charge is 2.76. The van der Waals surface area contributed by atoms with Gasteiger partial charge in [0.2, 0.25) is 0 Å². The lowest BCUT2D eigenvalue weighted by atomic mass is 9.46. The lowest BCUT2D eigenvalue weighted by Crippen LogP contribution is -2.63. The number of allylic oxidation sites excluding steroid dienone is 4. The average molecular weight is 615 g/mol. The molecule has 5 aliphatic rings. The van der Waals surface area contributed by atoms with Crippen LogP contribution in [0.3, 0.4) is 0 Å². The fraction of sp³-hybridized carbons (Fsp3) is 0.486. The molecule has 45 heavy (non-hydrogen) atoms. The number of halogens is 1. The molecule has 0 amide bonds. The first-order valence-corrected chi connectivity index (χ1v) is 15.9. The third-order valence-electron chi connectivity index (χ3n) is 11.9. The Kier molecular flexibility index (Phi) is 7.17. The van der Waals surface area contributed by atoms with E-state index in [1.165, 1.54) is 13.0 Å². The summed E-state index contributed by atoms with van der Waals surface area (Å²) in [7, 11) is 0. The Morgan fingerprint density at radius 1 is 1.09 bits per heavy atom. The molecular formula is C37H39FO7. The van der Waals surface area contributed by atoms with Crippen molar-refractivity contribution in [1.29, 1.82) is 0 Å². The van der Waals surface area contributed by atoms with Gasteiger partial charge in [-0.25, -0.2) is 4.39 Å². The number of carbonyl (C=O) groups is 3. The van der Waals surface area contributed by atoms with E-state index in [4.69, 9.17) is 9.47 Å². The Labute approximate surface area is 262 Å². The number of hydrogen-bond acceptors (Lipinski definition) is 7. The van der Waals surface area contributed by atoms with Gasteiger partial charge >= 0.3 is 0 Å². The smallest absolute Gasteiger partial charge is 0.193 e. The van der Waals surface area contributed by atoms with Gasteiger partial charge in [-0.15, -0.1) is 0 Å². The molecule has 2 aromatic carbocycles. The first kappa shape index (κ1) is 30.4. The standard InChI is InChI=1S/C37H39FO7/c1-20(40)23-7-4-21(5-8-23)14-22-6-10-27(29(38)15-22)34-44-32-17-28-26-11-9-24-16-25(41)12-13-35(24,2)33(26)30(42)18-36(28,3)37(32,45-34)31(43)19-39/h4-8,10,12-13,15-16,26,28,30,32-34,39,42H,9,11,14,17-19H2,1-3H3/t26-,28-,30-,32+,33+,34-,35-,36-,37+/m0/s1. The van der Waals surface area contributed by atoms with Crippen LogP contribution in [0.1, 0.15) is 79.8 Å². The largest absolute Gasteiger partial charge is 0.393 e. The molecule has 7 nitrogen and oxygen atoms in total. The molecule has 3 saturated carbocycles. The van der Waals surface area contributed by atoms with Crippen LogP contribution in [0.2, 0.25) is 0 Å². The predicted octanol–water partition coefficient (Wildman–Crippen LogP) is 5.22. The molecule has 236 valence electrons. The monoisotopic (exact) mass is 614 g/mol. The summed E-state index contributed by atoms with van der Waals surface area (Å²) >= 11 is 0. The number of rotatable bonds is 6. The van der Waals surface area contributed by atoms with Crippen molar-refractivity contribution >= 4 is 17.3 Å². The first-order chi connectivity index (χ1) is 21.4. The summed E-state index contributed by atoms with van der Waals surface area (Å²) in [6, 6.07) is 12.1. The maximum atomic E-state index is 15.7. The van der Waals surface area contributed by atoms with Crippen LogP contribution in [0, 0.1) is 34.4 Å². The second kappa shape index (κ2) is 10.6. The molecule has 4 aliphatic carbocycles. The number of carbonyl (C=O) groups excluding carboxylic acids is 3. The van der Waals surface area contributed by atoms with Gasteiger partial charge < -0.3 is 19.7 Å². The molecule has 9 atom stereocenters. The highest BCUT2D eigenvalue weighted by molar-refractivity contribution is 6.01. The van der Waals surface area contributed by atoms with Crippen molar-refractivity contribution in [3.05, 3.63) is 94.3 Å². The molecule has 0 unspecified atom stereocenters. The fourth-order valence-electron chi connectivity index (χ4n) is 9.79. The molecule has 1 heterocycles. The van der Waals surface area contributed by atoms with E-state index in [9.17, 15) is 24.6 Å². The Morgan fingerprint density at radius 2 is 1.82 bits per heavy atom. The second-order valence-corrected chi connectivity index (χ2v) is 14.1. The molecule has 8 heteroatoms. The van der Waals surface area contributed by atoms with Crippen LogP contribution in [0.5, 0.6) is 0 Å². The second-order valence-electron chi connectivity index (χ2n) is 14.1. The zero-order valence-electron chi connectivity index (χ0n) is 25.8. The van der Waals surface area contributed by atoms with E-state index in [2.05, 4.69) is 6.92 Å². The highest BCUT2D eigenvalue weighted by atomic mass is 19.1. The molecule has 2 aromatic rings. The average Bonchev–Trinajstić information content (AvgIpc) is 3.50. The van der Waals surface area contributed by atoms with E-state index in [-0.39, 0.29) is 41.3 Å². The SMILES string of the molecule is CC(=O)c1ccc(Cc2ccc([C@H]3O[C@@H]4C[C@H]5[C@@H]6CCC7=CC(=O)C=C[C@]7(C)[C@H]6[C@@H](O)C[C@]5(C)[C@]4(C(=O)CO)O3)c(F)c2)cc1. The number of benzene rings is 2. The van der Waals surface area contributed by atoms with E-state index in [1.54, 1.807) is 36.4 Å². The van der Waals surface area contributed by atoms with E-state index in [0.717, 1.165) is 29.5 Å². The maximum absolute atomic E-state index is 15.7. The van der Waals surface area contributed by atoms with Crippen molar-refractivity contribution in [2.45, 2.75) is 77.0 Å². The predicted molar refractivity (Wildman–Crippen MR) is 163 cm³/mol. The number of fused-ring (bicyclic) bond motifs is 7. The van der Waals surface area contributed by atoms with Crippen molar-refractivity contribution in [3.63, 3.8) is 0 Å². The molecule has 1 aliphatic heterocycles. The van der Waals surface area contributed by atoms with Crippen molar-refractivity contribution in [3.8, 4) is 0 Å². The summed E-state index contributed by atoms with van der Waals surface area (Å²) in [4.78, 5) is 37.5. The van der Waals surface area contributed by atoms with Gasteiger partial charge in [0.15, 0.2) is 29.2 Å². The van der Waals surface area contributed by atoms with E-state index in [1.807, 2.05) is 25.1 Å². The quantitative estimate of drug-likeness (QED) is 0.430. The van der Waals surface area contributed by atoms with Crippen molar-refractivity contribution in [2.24, 2.45) is 28.6 Å². The number of ketones is 3. The molecule has 0 aromatic heterocycles. The lowest BCUT2D eigenvalue weighted by Gasteiger charge is -2.59. The Morgan fingerprint density at radius 3 is 2.51 bits per heavy atom. The molecule has 7 rings (SSSR count). The first-order valence-electron chi connectivity index (χ1n) is 15.9. The minimum atomic E-state index is -1.54. The zero-order chi connectivity index (χ0) is 31.9. The summed E-state index contributed by atoms with van der Waals surface area (Å²) in [6.07, 6.45) is 5.29. The van der Waals surface area contributed by atoms with Crippen LogP contribution in [0.25, 0.3) is 0 Å². The van der Waals surface area contributed by atoms with E-state index >= 15 is 4.39 Å². The summed E-state index contributed by atoms with van der Waals surface area (Å²) in [5.74, 6) is -1.22. The van der Waals surface area contributed by atoms with Crippen molar-refractivity contribution in [2.75, 3.05) is 6.61 Å². The van der Waals surface area contributed by atoms with Crippen LogP contribution in [-0.4, -0.2) is 52.0 Å². The van der Waals surface area contributed by atoms with Crippen LogP contribution in [-0.2, 0) is 25.5 Å². The van der Waals surface area contributed by atoms with Gasteiger partial charge in [-0.2, -0.15) is 0 Å². The normalized spacial score (nSPS) is 38.2. The number of Topliss-reactive ketones (excluding diaryl/α,β-unsaturated/α-hetero) is 2. The number of hydrogen-bond donors (Lipinski definition) is 2. The van der Waals surface area contributed by atoms with Gasteiger partial charge in [0.25, 0.3) is 0 Å². The fourth-order valence-corrected chi connectivity index (χ4v) is 9.79.